The number of hydrogen-bond acceptors (Lipinski definition) is 5. The molecule has 0 bridgehead atoms. The van der Waals surface area contributed by atoms with Gasteiger partial charge in [0.15, 0.2) is 0 Å². The van der Waals surface area contributed by atoms with Gasteiger partial charge in [0, 0.05) is 16.7 Å². The molecule has 8 heteroatoms. The van der Waals surface area contributed by atoms with Gasteiger partial charge in [0.1, 0.15) is 11.8 Å². The lowest BCUT2D eigenvalue weighted by atomic mass is 10.1. The largest absolute Gasteiger partial charge is 0.530 e. The Kier molecular flexibility index (Phi) is 5.51. The predicted octanol–water partition coefficient (Wildman–Crippen LogP) is 1.08. The number of aromatic nitrogens is 1. The number of hydrogen-bond donors (Lipinski definition) is 2. The van der Waals surface area contributed by atoms with E-state index in [4.69, 9.17) is 0 Å². The Hall–Kier alpha value is -1.68. The second-order valence-corrected chi connectivity index (χ2v) is 6.11. The molecule has 0 aliphatic heterocycles. The second kappa shape index (κ2) is 7.36. The van der Waals surface area contributed by atoms with Crippen molar-refractivity contribution in [3.05, 3.63) is 39.0 Å². The van der Waals surface area contributed by atoms with Crippen LogP contribution in [0.2, 0.25) is 0 Å². The Morgan fingerprint density at radius 2 is 2.05 bits per heavy atom. The highest BCUT2D eigenvalue weighted by Crippen LogP contribution is 2.28. The van der Waals surface area contributed by atoms with Gasteiger partial charge >= 0.3 is 0 Å². The van der Waals surface area contributed by atoms with E-state index >= 15 is 0 Å². The van der Waals surface area contributed by atoms with Crippen molar-refractivity contribution >= 4 is 45.9 Å². The number of nitrogens with zero attached hydrogens (tertiary/aromatic N) is 1. The van der Waals surface area contributed by atoms with E-state index in [2.05, 4.69) is 38.2 Å². The van der Waals surface area contributed by atoms with Gasteiger partial charge in [0.25, 0.3) is 5.91 Å². The Morgan fingerprint density at radius 3 is 2.76 bits per heavy atom. The summed E-state index contributed by atoms with van der Waals surface area (Å²) in [5, 5.41) is 14.9. The first-order valence-corrected chi connectivity index (χ1v) is 7.96. The molecule has 2 amide bonds. The highest BCUT2D eigenvalue weighted by atomic mass is 127. The smallest absolute Gasteiger partial charge is 0.271 e. The number of nitrogens with one attached hydrogen (secondary N) is 2. The molecule has 2 rings (SSSR count). The van der Waals surface area contributed by atoms with Gasteiger partial charge in [-0.2, -0.15) is 0 Å². The first-order valence-electron chi connectivity index (χ1n) is 6.00. The lowest BCUT2D eigenvalue weighted by Crippen LogP contribution is -2.41. The quantitative estimate of drug-likeness (QED) is 0.564. The molecule has 21 heavy (non-hydrogen) atoms. The van der Waals surface area contributed by atoms with Crippen LogP contribution in [0, 0.1) is 3.57 Å². The first-order chi connectivity index (χ1) is 10.1. The van der Waals surface area contributed by atoms with Crippen molar-refractivity contribution in [1.29, 1.82) is 0 Å². The average molecular weight is 416 g/mol. The summed E-state index contributed by atoms with van der Waals surface area (Å²) < 4.78 is 1.07. The summed E-state index contributed by atoms with van der Waals surface area (Å²) in [5.74, 6) is -0.328. The van der Waals surface area contributed by atoms with Gasteiger partial charge < -0.3 is 20.5 Å². The molecule has 1 aromatic carbocycles. The van der Waals surface area contributed by atoms with Crippen molar-refractivity contribution in [2.45, 2.75) is 0 Å². The molecule has 1 heterocycles. The van der Waals surface area contributed by atoms with Crippen LogP contribution in [0.15, 0.2) is 29.8 Å². The highest BCUT2D eigenvalue weighted by Gasteiger charge is 2.15. The van der Waals surface area contributed by atoms with E-state index in [1.807, 2.05) is 24.3 Å². The fraction of sp³-hybridized carbons (Fsp3) is 0.154. The summed E-state index contributed by atoms with van der Waals surface area (Å²) >= 11 is 3.60. The van der Waals surface area contributed by atoms with Gasteiger partial charge in [-0.15, -0.1) is 11.3 Å². The van der Waals surface area contributed by atoms with Gasteiger partial charge in [-0.1, -0.05) is 12.1 Å². The zero-order chi connectivity index (χ0) is 15.2. The molecule has 0 unspecified atom stereocenters. The monoisotopic (exact) mass is 416 g/mol. The molecule has 0 atom stereocenters. The maximum atomic E-state index is 12.1. The van der Waals surface area contributed by atoms with E-state index in [0.717, 1.165) is 14.0 Å². The van der Waals surface area contributed by atoms with Crippen LogP contribution < -0.4 is 15.7 Å². The second-order valence-electron chi connectivity index (χ2n) is 4.01. The number of carboxylic acid groups (broad SMARTS) is 1. The predicted molar refractivity (Wildman–Crippen MR) is 86.0 cm³/mol. The minimum Gasteiger partial charge on any atom is -0.530 e. The molecule has 2 aromatic rings. The molecular weight excluding hydrogens is 405 g/mol. The van der Waals surface area contributed by atoms with Gasteiger partial charge in [-0.05, 0) is 40.3 Å². The lowest BCUT2D eigenvalue weighted by molar-refractivity contribution is -0.250. The number of thiazole rings is 1. The molecule has 2 N–H and O–H groups in total. The van der Waals surface area contributed by atoms with Crippen molar-refractivity contribution < 1.29 is 14.7 Å². The molecule has 0 aliphatic carbocycles. The van der Waals surface area contributed by atoms with Gasteiger partial charge in [-0.25, -0.2) is 4.98 Å². The molecule has 0 spiro atoms. The van der Waals surface area contributed by atoms with Crippen LogP contribution in [0.25, 0.3) is 10.4 Å². The van der Waals surface area contributed by atoms with Crippen molar-refractivity contribution in [2.75, 3.05) is 13.1 Å². The molecule has 1 aromatic heterocycles. The van der Waals surface area contributed by atoms with Crippen LogP contribution in [-0.4, -0.2) is 30.1 Å². The fourth-order valence-corrected chi connectivity index (χ4v) is 2.99. The van der Waals surface area contributed by atoms with Crippen LogP contribution in [0.1, 0.15) is 10.5 Å². The van der Waals surface area contributed by atoms with Gasteiger partial charge in [-0.3, -0.25) is 4.79 Å². The number of carbonyl (C=O) groups is 2. The molecule has 0 aliphatic rings. The molecule has 0 radical (unpaired) electrons. The minimum atomic E-state index is -1.36. The Labute approximate surface area is 138 Å². The third-order valence-electron chi connectivity index (χ3n) is 2.55. The van der Waals surface area contributed by atoms with Gasteiger partial charge in [0.2, 0.25) is 0 Å². The van der Waals surface area contributed by atoms with Gasteiger partial charge in [0.05, 0.1) is 10.4 Å². The molecule has 110 valence electrons. The number of rotatable bonds is 5. The normalized spacial score (nSPS) is 10.1. The Morgan fingerprint density at radius 1 is 1.29 bits per heavy atom. The summed E-state index contributed by atoms with van der Waals surface area (Å²) in [4.78, 5) is 27.1. The van der Waals surface area contributed by atoms with Crippen LogP contribution in [0.4, 0.5) is 4.79 Å². The number of benzene rings is 1. The maximum Gasteiger partial charge on any atom is 0.271 e. The molecular formula is C13H11IN3O3S-. The number of carbonyl (C=O) groups excluding carboxylic acids is 2. The zero-order valence-electron chi connectivity index (χ0n) is 10.8. The number of amides is 2. The number of halogens is 1. The first kappa shape index (κ1) is 15.7. The van der Waals surface area contributed by atoms with E-state index in [9.17, 15) is 14.7 Å². The standard InChI is InChI=1S/C13H12IN3O3S/c14-9-3-1-2-8(6-9)11-10(17-7-21-11)12(18)15-4-5-16-13(19)20/h1-3,6-7,16H,4-5H2,(H,15,18)(H,19,20)/p-1. The molecule has 6 nitrogen and oxygen atoms in total. The SMILES string of the molecule is O=C([O-])NCCNC(=O)c1ncsc1-c1cccc(I)c1. The minimum absolute atomic E-state index is 0.0940. The molecule has 0 fully saturated rings. The van der Waals surface area contributed by atoms with E-state index in [1.165, 1.54) is 11.3 Å². The average Bonchev–Trinajstić information content (AvgIpc) is 2.92. The third-order valence-corrected chi connectivity index (χ3v) is 4.10. The summed E-state index contributed by atoms with van der Waals surface area (Å²) in [5.41, 5.74) is 2.89. The van der Waals surface area contributed by atoms with Crippen molar-refractivity contribution in [2.24, 2.45) is 0 Å². The maximum absolute atomic E-state index is 12.1. The fourth-order valence-electron chi connectivity index (χ4n) is 1.67. The topological polar surface area (TPSA) is 94.1 Å². The van der Waals surface area contributed by atoms with E-state index in [1.54, 1.807) is 5.51 Å². The summed E-state index contributed by atoms with van der Waals surface area (Å²) in [6, 6.07) is 7.78. The summed E-state index contributed by atoms with van der Waals surface area (Å²) in [6.07, 6.45) is -1.36. The van der Waals surface area contributed by atoms with E-state index in [-0.39, 0.29) is 19.0 Å². The Bertz CT molecular complexity index is 660. The van der Waals surface area contributed by atoms with E-state index < -0.39 is 6.09 Å². The van der Waals surface area contributed by atoms with Crippen molar-refractivity contribution in [3.8, 4) is 10.4 Å². The summed E-state index contributed by atoms with van der Waals surface area (Å²) in [6.45, 7) is 0.271. The summed E-state index contributed by atoms with van der Waals surface area (Å²) in [7, 11) is 0. The van der Waals surface area contributed by atoms with Crippen molar-refractivity contribution in [1.82, 2.24) is 15.6 Å². The van der Waals surface area contributed by atoms with Crippen LogP contribution >= 0.6 is 33.9 Å². The Balaban J connectivity index is 2.06. The zero-order valence-corrected chi connectivity index (χ0v) is 13.7. The van der Waals surface area contributed by atoms with Crippen molar-refractivity contribution in [3.63, 3.8) is 0 Å². The molecule has 0 saturated heterocycles. The van der Waals surface area contributed by atoms with E-state index in [0.29, 0.717) is 5.69 Å². The lowest BCUT2D eigenvalue weighted by Gasteiger charge is -2.08. The van der Waals surface area contributed by atoms with Crippen LogP contribution in [0.3, 0.4) is 0 Å². The van der Waals surface area contributed by atoms with Crippen LogP contribution in [0.5, 0.6) is 0 Å². The van der Waals surface area contributed by atoms with Crippen LogP contribution in [-0.2, 0) is 0 Å². The third kappa shape index (κ3) is 4.39. The molecule has 0 saturated carbocycles. The highest BCUT2D eigenvalue weighted by molar-refractivity contribution is 14.1.